The Kier molecular flexibility index (Phi) is 5.87. The lowest BCUT2D eigenvalue weighted by Crippen LogP contribution is -2.43. The van der Waals surface area contributed by atoms with Crippen LogP contribution in [0.3, 0.4) is 0 Å². The Morgan fingerprint density at radius 3 is 2.59 bits per heavy atom. The van der Waals surface area contributed by atoms with Gasteiger partial charge in [-0.1, -0.05) is 18.5 Å². The molecule has 1 aromatic heterocycles. The summed E-state index contributed by atoms with van der Waals surface area (Å²) in [5.41, 5.74) is 1.42. The summed E-state index contributed by atoms with van der Waals surface area (Å²) in [6.45, 7) is 7.28. The van der Waals surface area contributed by atoms with Crippen molar-refractivity contribution in [2.75, 3.05) is 17.5 Å². The highest BCUT2D eigenvalue weighted by molar-refractivity contribution is 7.93. The molecule has 0 spiro atoms. The van der Waals surface area contributed by atoms with Gasteiger partial charge in [-0.15, -0.1) is 0 Å². The molecule has 0 fully saturated rings. The molecular formula is C20H25ClN2O5S. The summed E-state index contributed by atoms with van der Waals surface area (Å²) in [5.74, 6) is -0.210. The van der Waals surface area contributed by atoms with Crippen LogP contribution in [0.4, 0.5) is 5.69 Å². The van der Waals surface area contributed by atoms with E-state index in [-0.39, 0.29) is 29.7 Å². The van der Waals surface area contributed by atoms with Crippen LogP contribution in [-0.4, -0.2) is 38.2 Å². The molecule has 9 heteroatoms. The fraction of sp³-hybridized carbons (Fsp3) is 0.450. The Bertz CT molecular complexity index is 1060. The number of carbonyl (C=O) groups is 1. The topological polar surface area (TPSA) is 77.8 Å². The SMILES string of the molecule is CCOC(=O)c1c(S(=O)(=O)N2CC(CC)Oc3ccc(Cl)cc32)c(C)n(C)c1C. The summed E-state index contributed by atoms with van der Waals surface area (Å²) in [5, 5.41) is 0.397. The number of carbonyl (C=O) groups excluding carboxylic acids is 1. The first-order chi connectivity index (χ1) is 13.6. The zero-order valence-electron chi connectivity index (χ0n) is 17.2. The molecule has 7 nitrogen and oxygen atoms in total. The standard InChI is InChI=1S/C20H25ClN2O5S/c1-6-15-11-23(16-10-14(21)8-9-17(16)28-15)29(25,26)19-13(4)22(5)12(3)18(19)20(24)27-7-2/h8-10,15H,6-7,11H2,1-5H3. The van der Waals surface area contributed by atoms with Gasteiger partial charge >= 0.3 is 5.97 Å². The number of hydrogen-bond acceptors (Lipinski definition) is 5. The zero-order valence-corrected chi connectivity index (χ0v) is 18.7. The average molecular weight is 441 g/mol. The first-order valence-corrected chi connectivity index (χ1v) is 11.3. The Balaban J connectivity index is 2.24. The van der Waals surface area contributed by atoms with Gasteiger partial charge in [0.1, 0.15) is 22.3 Å². The third-order valence-electron chi connectivity index (χ3n) is 5.26. The molecule has 0 aliphatic carbocycles. The van der Waals surface area contributed by atoms with E-state index in [2.05, 4.69) is 0 Å². The fourth-order valence-electron chi connectivity index (χ4n) is 3.51. The quantitative estimate of drug-likeness (QED) is 0.660. The van der Waals surface area contributed by atoms with Crippen molar-refractivity contribution in [2.45, 2.75) is 45.1 Å². The van der Waals surface area contributed by atoms with Crippen LogP contribution in [0, 0.1) is 13.8 Å². The molecule has 1 aliphatic rings. The maximum Gasteiger partial charge on any atom is 0.341 e. The molecule has 2 aromatic rings. The van der Waals surface area contributed by atoms with E-state index in [4.69, 9.17) is 21.1 Å². The molecule has 1 unspecified atom stereocenters. The van der Waals surface area contributed by atoms with Crippen molar-refractivity contribution < 1.29 is 22.7 Å². The molecule has 0 N–H and O–H groups in total. The number of aromatic nitrogens is 1. The zero-order chi connectivity index (χ0) is 21.5. The molecule has 0 saturated carbocycles. The smallest absolute Gasteiger partial charge is 0.341 e. The molecule has 3 rings (SSSR count). The van der Waals surface area contributed by atoms with Crippen molar-refractivity contribution in [3.8, 4) is 5.75 Å². The number of ether oxygens (including phenoxy) is 2. The Hall–Kier alpha value is -2.19. The van der Waals surface area contributed by atoms with Crippen LogP contribution in [0.15, 0.2) is 23.1 Å². The van der Waals surface area contributed by atoms with Gasteiger partial charge in [0.05, 0.1) is 18.8 Å². The molecule has 1 aromatic carbocycles. The Morgan fingerprint density at radius 1 is 1.28 bits per heavy atom. The van der Waals surface area contributed by atoms with Crippen LogP contribution in [0.25, 0.3) is 0 Å². The number of rotatable bonds is 5. The van der Waals surface area contributed by atoms with E-state index >= 15 is 0 Å². The van der Waals surface area contributed by atoms with Crippen molar-refractivity contribution in [2.24, 2.45) is 7.05 Å². The normalized spacial score (nSPS) is 16.3. The summed E-state index contributed by atoms with van der Waals surface area (Å²) >= 11 is 6.14. The van der Waals surface area contributed by atoms with Gasteiger partial charge in [0, 0.05) is 23.5 Å². The number of benzene rings is 1. The second-order valence-electron chi connectivity index (χ2n) is 6.95. The fourth-order valence-corrected chi connectivity index (χ4v) is 5.66. The molecule has 0 amide bonds. The van der Waals surface area contributed by atoms with Gasteiger partial charge in [-0.25, -0.2) is 13.2 Å². The van der Waals surface area contributed by atoms with Gasteiger partial charge in [-0.2, -0.15) is 0 Å². The minimum absolute atomic E-state index is 0.0429. The van der Waals surface area contributed by atoms with Crippen LogP contribution in [0.5, 0.6) is 5.75 Å². The number of sulfonamides is 1. The molecule has 0 bridgehead atoms. The largest absolute Gasteiger partial charge is 0.486 e. The Labute approximate surface area is 176 Å². The highest BCUT2D eigenvalue weighted by Gasteiger charge is 2.39. The van der Waals surface area contributed by atoms with Gasteiger partial charge in [-0.05, 0) is 45.4 Å². The van der Waals surface area contributed by atoms with E-state index in [1.54, 1.807) is 50.6 Å². The number of hydrogen-bond donors (Lipinski definition) is 0. The van der Waals surface area contributed by atoms with Gasteiger partial charge in [0.2, 0.25) is 0 Å². The predicted molar refractivity (Wildman–Crippen MR) is 112 cm³/mol. The molecule has 158 valence electrons. The monoisotopic (exact) mass is 440 g/mol. The van der Waals surface area contributed by atoms with E-state index in [0.717, 1.165) is 0 Å². The maximum absolute atomic E-state index is 13.8. The van der Waals surface area contributed by atoms with Crippen molar-refractivity contribution in [3.63, 3.8) is 0 Å². The van der Waals surface area contributed by atoms with Crippen LogP contribution < -0.4 is 9.04 Å². The van der Waals surface area contributed by atoms with Gasteiger partial charge in [-0.3, -0.25) is 4.31 Å². The van der Waals surface area contributed by atoms with Crippen molar-refractivity contribution in [3.05, 3.63) is 40.2 Å². The predicted octanol–water partition coefficient (Wildman–Crippen LogP) is 3.84. The summed E-state index contributed by atoms with van der Waals surface area (Å²) in [7, 11) is -2.36. The Morgan fingerprint density at radius 2 is 1.97 bits per heavy atom. The van der Waals surface area contributed by atoms with Crippen LogP contribution in [0.1, 0.15) is 42.0 Å². The van der Waals surface area contributed by atoms with E-state index in [9.17, 15) is 13.2 Å². The summed E-state index contributed by atoms with van der Waals surface area (Å²) in [6.07, 6.45) is 0.320. The van der Waals surface area contributed by atoms with Crippen molar-refractivity contribution >= 4 is 33.3 Å². The highest BCUT2D eigenvalue weighted by atomic mass is 35.5. The van der Waals surface area contributed by atoms with Crippen LogP contribution in [-0.2, 0) is 21.8 Å². The first kappa shape index (κ1) is 21.5. The van der Waals surface area contributed by atoms with Crippen molar-refractivity contribution in [1.29, 1.82) is 0 Å². The van der Waals surface area contributed by atoms with Gasteiger partial charge in [0.15, 0.2) is 0 Å². The number of fused-ring (bicyclic) bond motifs is 1. The van der Waals surface area contributed by atoms with Gasteiger partial charge in [0.25, 0.3) is 10.0 Å². The molecule has 0 radical (unpaired) electrons. The van der Waals surface area contributed by atoms with Crippen molar-refractivity contribution in [1.82, 2.24) is 4.57 Å². The third-order valence-corrected chi connectivity index (χ3v) is 7.44. The van der Waals surface area contributed by atoms with Crippen LogP contribution in [0.2, 0.25) is 5.02 Å². The van der Waals surface area contributed by atoms with E-state index in [0.29, 0.717) is 34.3 Å². The molecule has 1 atom stereocenters. The third kappa shape index (κ3) is 3.59. The lowest BCUT2D eigenvalue weighted by atomic mass is 10.2. The number of halogens is 1. The second kappa shape index (κ2) is 7.91. The molecule has 1 aliphatic heterocycles. The minimum Gasteiger partial charge on any atom is -0.486 e. The highest BCUT2D eigenvalue weighted by Crippen LogP contribution is 2.41. The first-order valence-electron chi connectivity index (χ1n) is 9.45. The second-order valence-corrected chi connectivity index (χ2v) is 9.19. The molecule has 29 heavy (non-hydrogen) atoms. The molecular weight excluding hydrogens is 416 g/mol. The summed E-state index contributed by atoms with van der Waals surface area (Å²) in [4.78, 5) is 12.6. The van der Waals surface area contributed by atoms with E-state index in [1.807, 2.05) is 6.92 Å². The van der Waals surface area contributed by atoms with E-state index in [1.165, 1.54) is 4.31 Å². The molecule has 2 heterocycles. The lowest BCUT2D eigenvalue weighted by Gasteiger charge is -2.35. The average Bonchev–Trinajstić information content (AvgIpc) is 2.91. The maximum atomic E-state index is 13.8. The summed E-state index contributed by atoms with van der Waals surface area (Å²) < 4.78 is 41.7. The number of nitrogens with zero attached hydrogens (tertiary/aromatic N) is 2. The summed E-state index contributed by atoms with van der Waals surface area (Å²) in [6, 6.07) is 4.89. The molecule has 0 saturated heterocycles. The van der Waals surface area contributed by atoms with Gasteiger partial charge < -0.3 is 14.0 Å². The number of esters is 1. The minimum atomic E-state index is -4.09. The lowest BCUT2D eigenvalue weighted by molar-refractivity contribution is 0.0521. The number of anilines is 1. The van der Waals surface area contributed by atoms with E-state index < -0.39 is 16.0 Å². The van der Waals surface area contributed by atoms with Crippen LogP contribution >= 0.6 is 11.6 Å².